The van der Waals surface area contributed by atoms with Crippen LogP contribution in [-0.2, 0) is 6.42 Å². The molecule has 0 radical (unpaired) electrons. The van der Waals surface area contributed by atoms with E-state index in [0.717, 1.165) is 16.5 Å². The molecule has 1 unspecified atom stereocenters. The molecule has 0 aliphatic carbocycles. The van der Waals surface area contributed by atoms with Crippen LogP contribution in [0.3, 0.4) is 0 Å². The van der Waals surface area contributed by atoms with Crippen molar-refractivity contribution < 1.29 is 14.7 Å². The Bertz CT molecular complexity index is 1430. The first kappa shape index (κ1) is 25.8. The summed E-state index contributed by atoms with van der Waals surface area (Å²) >= 11 is 0. The lowest BCUT2D eigenvalue weighted by atomic mass is 9.96. The molecule has 0 fully saturated rings. The number of hydrogen-bond acceptors (Lipinski definition) is 5. The van der Waals surface area contributed by atoms with Crippen LogP contribution in [0.1, 0.15) is 57.3 Å². The van der Waals surface area contributed by atoms with Gasteiger partial charge in [0.05, 0.1) is 23.3 Å². The third-order valence-corrected chi connectivity index (χ3v) is 6.13. The standard InChI is InChI=1S/C30H30N4O3/c1-30(2,37)19-34-29(36)23-12-13-24-25(18-33-26(24)16-23)28(35)27(22-6-4-3-5-7-22)32-15-14-20-8-10-21(17-31)11-9-20/h3-13,16,18,27,32-33,37H,14-15,19H2,1-2H3,(H,34,36). The largest absolute Gasteiger partial charge is 0.389 e. The molecule has 4 rings (SSSR count). The number of aromatic nitrogens is 1. The topological polar surface area (TPSA) is 118 Å². The Balaban J connectivity index is 1.53. The van der Waals surface area contributed by atoms with Crippen molar-refractivity contribution in [1.82, 2.24) is 15.6 Å². The average Bonchev–Trinajstić information content (AvgIpc) is 3.33. The van der Waals surface area contributed by atoms with E-state index in [2.05, 4.69) is 21.7 Å². The summed E-state index contributed by atoms with van der Waals surface area (Å²) < 4.78 is 0. The number of carbonyl (C=O) groups excluding carboxylic acids is 2. The van der Waals surface area contributed by atoms with Gasteiger partial charge in [-0.05, 0) is 55.7 Å². The zero-order valence-electron chi connectivity index (χ0n) is 20.9. The van der Waals surface area contributed by atoms with Crippen LogP contribution in [-0.4, -0.2) is 40.5 Å². The van der Waals surface area contributed by atoms with Gasteiger partial charge in [0.15, 0.2) is 5.78 Å². The van der Waals surface area contributed by atoms with E-state index in [1.165, 1.54) is 0 Å². The fourth-order valence-electron chi connectivity index (χ4n) is 4.14. The van der Waals surface area contributed by atoms with Crippen LogP contribution in [0, 0.1) is 11.3 Å². The van der Waals surface area contributed by atoms with Crippen molar-refractivity contribution in [1.29, 1.82) is 5.26 Å². The van der Waals surface area contributed by atoms with Crippen molar-refractivity contribution in [3.8, 4) is 6.07 Å². The Morgan fingerprint density at radius 2 is 1.78 bits per heavy atom. The third kappa shape index (κ3) is 6.50. The number of nitrogens with zero attached hydrogens (tertiary/aromatic N) is 1. The van der Waals surface area contributed by atoms with E-state index in [1.54, 1.807) is 50.4 Å². The first-order chi connectivity index (χ1) is 17.7. The SMILES string of the molecule is CC(C)(O)CNC(=O)c1ccc2c(C(=O)C(NCCc3ccc(C#N)cc3)c3ccccc3)c[nH]c2c1. The lowest BCUT2D eigenvalue weighted by Crippen LogP contribution is -2.38. The van der Waals surface area contributed by atoms with Crippen LogP contribution < -0.4 is 10.6 Å². The maximum atomic E-state index is 13.8. The number of fused-ring (bicyclic) bond motifs is 1. The molecule has 7 nitrogen and oxygen atoms in total. The van der Waals surface area contributed by atoms with Crippen LogP contribution >= 0.6 is 0 Å². The van der Waals surface area contributed by atoms with Gasteiger partial charge in [0, 0.05) is 41.3 Å². The number of Topliss-reactive ketones (excluding diaryl/α,β-unsaturated/α-hetero) is 1. The number of amides is 1. The van der Waals surface area contributed by atoms with Gasteiger partial charge in [-0.2, -0.15) is 5.26 Å². The van der Waals surface area contributed by atoms with Crippen LogP contribution in [0.15, 0.2) is 79.0 Å². The van der Waals surface area contributed by atoms with Gasteiger partial charge in [-0.3, -0.25) is 9.59 Å². The normalized spacial score (nSPS) is 12.2. The number of aromatic amines is 1. The van der Waals surface area contributed by atoms with Gasteiger partial charge in [0.2, 0.25) is 0 Å². The van der Waals surface area contributed by atoms with Crippen LogP contribution in [0.4, 0.5) is 0 Å². The second-order valence-electron chi connectivity index (χ2n) is 9.68. The average molecular weight is 495 g/mol. The number of ketones is 1. The molecule has 0 saturated heterocycles. The number of rotatable bonds is 10. The van der Waals surface area contributed by atoms with Gasteiger partial charge in [-0.25, -0.2) is 0 Å². The van der Waals surface area contributed by atoms with Gasteiger partial charge < -0.3 is 20.7 Å². The van der Waals surface area contributed by atoms with E-state index in [1.807, 2.05) is 42.5 Å². The number of nitrogens with one attached hydrogen (secondary N) is 3. The maximum Gasteiger partial charge on any atom is 0.251 e. The van der Waals surface area contributed by atoms with E-state index in [9.17, 15) is 14.7 Å². The number of aliphatic hydroxyl groups is 1. The van der Waals surface area contributed by atoms with Gasteiger partial charge in [0.25, 0.3) is 5.91 Å². The number of nitriles is 1. The molecule has 0 aliphatic rings. The molecule has 1 amide bonds. The highest BCUT2D eigenvalue weighted by Crippen LogP contribution is 2.26. The molecule has 0 bridgehead atoms. The van der Waals surface area contributed by atoms with Crippen molar-refractivity contribution in [2.45, 2.75) is 31.9 Å². The van der Waals surface area contributed by atoms with Gasteiger partial charge in [-0.15, -0.1) is 0 Å². The Morgan fingerprint density at radius 3 is 2.46 bits per heavy atom. The summed E-state index contributed by atoms with van der Waals surface area (Å²) in [6.45, 7) is 3.96. The Hall–Kier alpha value is -4.25. The minimum Gasteiger partial charge on any atom is -0.389 e. The number of benzene rings is 3. The highest BCUT2D eigenvalue weighted by molar-refractivity contribution is 6.11. The number of carbonyl (C=O) groups is 2. The van der Waals surface area contributed by atoms with Crippen LogP contribution in [0.25, 0.3) is 10.9 Å². The predicted octanol–water partition coefficient (Wildman–Crippen LogP) is 4.30. The molecule has 0 spiro atoms. The molecular formula is C30H30N4O3. The fraction of sp³-hybridized carbons (Fsp3) is 0.233. The summed E-state index contributed by atoms with van der Waals surface area (Å²) in [5.74, 6) is -0.366. The molecule has 188 valence electrons. The summed E-state index contributed by atoms with van der Waals surface area (Å²) in [4.78, 5) is 29.4. The van der Waals surface area contributed by atoms with E-state index in [0.29, 0.717) is 35.2 Å². The summed E-state index contributed by atoms with van der Waals surface area (Å²) in [5, 5.41) is 25.7. The van der Waals surface area contributed by atoms with E-state index in [4.69, 9.17) is 5.26 Å². The molecule has 1 heterocycles. The Labute approximate surface area is 216 Å². The molecule has 7 heteroatoms. The van der Waals surface area contributed by atoms with Crippen LogP contribution in [0.5, 0.6) is 0 Å². The highest BCUT2D eigenvalue weighted by atomic mass is 16.3. The first-order valence-corrected chi connectivity index (χ1v) is 12.2. The van der Waals surface area contributed by atoms with E-state index >= 15 is 0 Å². The molecule has 1 aromatic heterocycles. The quantitative estimate of drug-likeness (QED) is 0.245. The summed E-state index contributed by atoms with van der Waals surface area (Å²) in [6.07, 6.45) is 2.39. The summed E-state index contributed by atoms with van der Waals surface area (Å²) in [6, 6.07) is 23.8. The first-order valence-electron chi connectivity index (χ1n) is 12.2. The number of hydrogen-bond donors (Lipinski definition) is 4. The second kappa shape index (κ2) is 11.2. The summed E-state index contributed by atoms with van der Waals surface area (Å²) in [5.41, 5.74) is 3.22. The molecule has 0 saturated carbocycles. The zero-order chi connectivity index (χ0) is 26.4. The van der Waals surface area contributed by atoms with Crippen molar-refractivity contribution in [2.75, 3.05) is 13.1 Å². The van der Waals surface area contributed by atoms with Gasteiger partial charge in [-0.1, -0.05) is 48.5 Å². The maximum absolute atomic E-state index is 13.8. The summed E-state index contributed by atoms with van der Waals surface area (Å²) in [7, 11) is 0. The zero-order valence-corrected chi connectivity index (χ0v) is 20.9. The Kier molecular flexibility index (Phi) is 7.83. The molecule has 1 atom stereocenters. The van der Waals surface area contributed by atoms with Crippen molar-refractivity contribution in [3.63, 3.8) is 0 Å². The second-order valence-corrected chi connectivity index (χ2v) is 9.68. The van der Waals surface area contributed by atoms with Crippen molar-refractivity contribution in [3.05, 3.63) is 107 Å². The lowest BCUT2D eigenvalue weighted by Gasteiger charge is -2.18. The van der Waals surface area contributed by atoms with E-state index < -0.39 is 11.6 Å². The molecule has 0 aliphatic heterocycles. The molecular weight excluding hydrogens is 464 g/mol. The monoisotopic (exact) mass is 494 g/mol. The van der Waals surface area contributed by atoms with Crippen LogP contribution in [0.2, 0.25) is 0 Å². The van der Waals surface area contributed by atoms with Gasteiger partial charge >= 0.3 is 0 Å². The predicted molar refractivity (Wildman–Crippen MR) is 143 cm³/mol. The van der Waals surface area contributed by atoms with Crippen molar-refractivity contribution in [2.24, 2.45) is 0 Å². The number of H-pyrrole nitrogens is 1. The van der Waals surface area contributed by atoms with Crippen molar-refractivity contribution >= 4 is 22.6 Å². The molecule has 3 aromatic carbocycles. The lowest BCUT2D eigenvalue weighted by molar-refractivity contribution is 0.0694. The fourth-order valence-corrected chi connectivity index (χ4v) is 4.14. The third-order valence-electron chi connectivity index (χ3n) is 6.13. The smallest absolute Gasteiger partial charge is 0.251 e. The molecule has 4 aromatic rings. The highest BCUT2D eigenvalue weighted by Gasteiger charge is 2.24. The molecule has 37 heavy (non-hydrogen) atoms. The van der Waals surface area contributed by atoms with E-state index in [-0.39, 0.29) is 18.2 Å². The minimum atomic E-state index is -1.01. The van der Waals surface area contributed by atoms with Gasteiger partial charge in [0.1, 0.15) is 0 Å². The minimum absolute atomic E-state index is 0.0727. The Morgan fingerprint density at radius 1 is 1.05 bits per heavy atom. The molecule has 4 N–H and O–H groups in total.